The Morgan fingerprint density at radius 3 is 2.76 bits per heavy atom. The van der Waals surface area contributed by atoms with Crippen molar-refractivity contribution < 1.29 is 24.5 Å². The molecule has 116 valence electrons. The number of aliphatic hydroxyl groups is 2. The van der Waals surface area contributed by atoms with Crippen molar-refractivity contribution in [2.45, 2.75) is 24.5 Å². The van der Waals surface area contributed by atoms with Crippen molar-refractivity contribution in [3.05, 3.63) is 33.1 Å². The molecule has 0 unspecified atom stereocenters. The van der Waals surface area contributed by atoms with Crippen LogP contribution in [0.1, 0.15) is 6.23 Å². The monoisotopic (exact) mass is 301 g/mol. The Kier molecular flexibility index (Phi) is 4.53. The lowest BCUT2D eigenvalue weighted by molar-refractivity contribution is -0.148. The average Bonchev–Trinajstić information content (AvgIpc) is 2.73. The Balaban J connectivity index is 2.14. The smallest absolute Gasteiger partial charge is 0.330 e. The Morgan fingerprint density at radius 2 is 2.14 bits per heavy atom. The van der Waals surface area contributed by atoms with Gasteiger partial charge in [0.25, 0.3) is 5.56 Å². The van der Waals surface area contributed by atoms with Gasteiger partial charge in [0.2, 0.25) is 0 Å². The van der Waals surface area contributed by atoms with E-state index < -0.39 is 41.8 Å². The van der Waals surface area contributed by atoms with Crippen LogP contribution in [0.3, 0.4) is 0 Å². The Bertz CT molecular complexity index is 625. The number of ether oxygens (including phenoxy) is 2. The van der Waals surface area contributed by atoms with E-state index in [-0.39, 0.29) is 13.2 Å². The highest BCUT2D eigenvalue weighted by molar-refractivity contribution is 5.71. The standard InChI is InChI=1S/C11H15N3O7/c12-3-7(16)20-4-5-8(17)9(18)10(21-5)14-2-1-6(15)13-11(14)19/h1-2,5,8-10,17-18H,3-4,12H2,(H,13,15,19)/t5-,8-,9-,10-/m1/s1. The summed E-state index contributed by atoms with van der Waals surface area (Å²) in [4.78, 5) is 35.6. The van der Waals surface area contributed by atoms with Crippen LogP contribution < -0.4 is 17.0 Å². The van der Waals surface area contributed by atoms with Crippen LogP contribution in [0.25, 0.3) is 0 Å². The van der Waals surface area contributed by atoms with Crippen LogP contribution >= 0.6 is 0 Å². The first-order valence-corrected chi connectivity index (χ1v) is 6.13. The van der Waals surface area contributed by atoms with Gasteiger partial charge in [0.15, 0.2) is 6.23 Å². The molecule has 10 nitrogen and oxygen atoms in total. The number of nitrogens with zero attached hydrogens (tertiary/aromatic N) is 1. The maximum Gasteiger partial charge on any atom is 0.330 e. The van der Waals surface area contributed by atoms with E-state index in [1.807, 2.05) is 4.98 Å². The lowest BCUT2D eigenvalue weighted by Gasteiger charge is -2.16. The third-order valence-electron chi connectivity index (χ3n) is 3.04. The van der Waals surface area contributed by atoms with Gasteiger partial charge >= 0.3 is 11.7 Å². The van der Waals surface area contributed by atoms with Crippen LogP contribution in [-0.4, -0.2) is 57.2 Å². The van der Waals surface area contributed by atoms with Crippen LogP contribution in [0, 0.1) is 0 Å². The van der Waals surface area contributed by atoms with Gasteiger partial charge in [-0.1, -0.05) is 0 Å². The Morgan fingerprint density at radius 1 is 1.43 bits per heavy atom. The first kappa shape index (κ1) is 15.4. The molecule has 0 aromatic carbocycles. The van der Waals surface area contributed by atoms with E-state index >= 15 is 0 Å². The molecule has 0 amide bonds. The highest BCUT2D eigenvalue weighted by Crippen LogP contribution is 2.28. The molecule has 0 radical (unpaired) electrons. The Hall–Kier alpha value is -2.01. The number of nitrogens with two attached hydrogens (primary N) is 1. The molecule has 1 saturated heterocycles. The summed E-state index contributed by atoms with van der Waals surface area (Å²) in [6, 6.07) is 1.08. The molecule has 0 saturated carbocycles. The quantitative estimate of drug-likeness (QED) is 0.420. The van der Waals surface area contributed by atoms with Gasteiger partial charge in [-0.15, -0.1) is 0 Å². The first-order valence-electron chi connectivity index (χ1n) is 6.13. The number of rotatable bonds is 4. The van der Waals surface area contributed by atoms with Crippen molar-refractivity contribution in [3.8, 4) is 0 Å². The molecule has 2 heterocycles. The van der Waals surface area contributed by atoms with E-state index in [0.29, 0.717) is 0 Å². The minimum Gasteiger partial charge on any atom is -0.462 e. The molecule has 0 bridgehead atoms. The van der Waals surface area contributed by atoms with Gasteiger partial charge in [-0.3, -0.25) is 19.1 Å². The zero-order valence-corrected chi connectivity index (χ0v) is 10.8. The van der Waals surface area contributed by atoms with Crippen molar-refractivity contribution in [3.63, 3.8) is 0 Å². The molecular formula is C11H15N3O7. The molecule has 2 rings (SSSR count). The SMILES string of the molecule is NCC(=O)OC[C@H]1O[C@@H](n2ccc(=O)[nH]c2=O)[C@H](O)[C@@H]1O. The highest BCUT2D eigenvalue weighted by atomic mass is 16.6. The normalized spacial score (nSPS) is 28.5. The van der Waals surface area contributed by atoms with E-state index in [4.69, 9.17) is 15.2 Å². The van der Waals surface area contributed by atoms with E-state index in [1.165, 1.54) is 0 Å². The lowest BCUT2D eigenvalue weighted by atomic mass is 10.1. The third-order valence-corrected chi connectivity index (χ3v) is 3.04. The molecule has 1 aliphatic heterocycles. The van der Waals surface area contributed by atoms with Gasteiger partial charge in [-0.2, -0.15) is 0 Å². The summed E-state index contributed by atoms with van der Waals surface area (Å²) in [6.45, 7) is -0.642. The maximum atomic E-state index is 11.6. The number of carbonyl (C=O) groups excluding carboxylic acids is 1. The number of aliphatic hydroxyl groups excluding tert-OH is 2. The Labute approximate surface area is 117 Å². The second-order valence-corrected chi connectivity index (χ2v) is 4.45. The molecule has 21 heavy (non-hydrogen) atoms. The van der Waals surface area contributed by atoms with E-state index in [2.05, 4.69) is 0 Å². The molecule has 5 N–H and O–H groups in total. The number of aromatic nitrogens is 2. The number of aromatic amines is 1. The van der Waals surface area contributed by atoms with E-state index in [0.717, 1.165) is 16.8 Å². The fraction of sp³-hybridized carbons (Fsp3) is 0.545. The van der Waals surface area contributed by atoms with Crippen molar-refractivity contribution >= 4 is 5.97 Å². The summed E-state index contributed by atoms with van der Waals surface area (Å²) >= 11 is 0. The summed E-state index contributed by atoms with van der Waals surface area (Å²) < 4.78 is 11.0. The van der Waals surface area contributed by atoms with E-state index in [1.54, 1.807) is 0 Å². The average molecular weight is 301 g/mol. The van der Waals surface area contributed by atoms with Crippen LogP contribution in [0.5, 0.6) is 0 Å². The molecule has 4 atom stereocenters. The number of nitrogens with one attached hydrogen (secondary N) is 1. The van der Waals surface area contributed by atoms with Crippen LogP contribution in [0.15, 0.2) is 21.9 Å². The second kappa shape index (κ2) is 6.18. The van der Waals surface area contributed by atoms with Gasteiger partial charge in [-0.05, 0) is 0 Å². The third kappa shape index (κ3) is 3.19. The lowest BCUT2D eigenvalue weighted by Crippen LogP contribution is -2.37. The van der Waals surface area contributed by atoms with E-state index in [9.17, 15) is 24.6 Å². The van der Waals surface area contributed by atoms with Gasteiger partial charge in [0.1, 0.15) is 24.9 Å². The molecule has 0 spiro atoms. The zero-order chi connectivity index (χ0) is 15.6. The fourth-order valence-electron chi connectivity index (χ4n) is 1.96. The van der Waals surface area contributed by atoms with Gasteiger partial charge in [0.05, 0.1) is 6.54 Å². The van der Waals surface area contributed by atoms with Crippen molar-refractivity contribution in [1.82, 2.24) is 9.55 Å². The molecule has 1 aromatic heterocycles. The summed E-state index contributed by atoms with van der Waals surface area (Å²) in [5.74, 6) is -0.690. The van der Waals surface area contributed by atoms with Crippen molar-refractivity contribution in [2.24, 2.45) is 5.73 Å². The molecule has 10 heteroatoms. The highest BCUT2D eigenvalue weighted by Gasteiger charge is 2.44. The molecule has 0 aliphatic carbocycles. The predicted octanol–water partition coefficient (Wildman–Crippen LogP) is -3.34. The fourth-order valence-corrected chi connectivity index (χ4v) is 1.96. The van der Waals surface area contributed by atoms with Crippen molar-refractivity contribution in [2.75, 3.05) is 13.2 Å². The number of esters is 1. The predicted molar refractivity (Wildman–Crippen MR) is 67.3 cm³/mol. The minimum atomic E-state index is -1.42. The zero-order valence-electron chi connectivity index (χ0n) is 10.8. The summed E-state index contributed by atoms with van der Waals surface area (Å²) in [5, 5.41) is 19.7. The van der Waals surface area contributed by atoms with Crippen LogP contribution in [0.4, 0.5) is 0 Å². The molecule has 1 aromatic rings. The van der Waals surface area contributed by atoms with Crippen molar-refractivity contribution in [1.29, 1.82) is 0 Å². The number of hydrogen-bond donors (Lipinski definition) is 4. The number of H-pyrrole nitrogens is 1. The molecule has 1 fully saturated rings. The summed E-state index contributed by atoms with van der Waals surface area (Å²) in [5.41, 5.74) is 3.67. The molecular weight excluding hydrogens is 286 g/mol. The molecule has 1 aliphatic rings. The number of carbonyl (C=O) groups is 1. The number of hydrogen-bond acceptors (Lipinski definition) is 8. The van der Waals surface area contributed by atoms with Gasteiger partial charge < -0.3 is 25.4 Å². The first-order chi connectivity index (χ1) is 9.93. The van der Waals surface area contributed by atoms with Crippen LogP contribution in [0.2, 0.25) is 0 Å². The second-order valence-electron chi connectivity index (χ2n) is 4.45. The largest absolute Gasteiger partial charge is 0.462 e. The maximum absolute atomic E-state index is 11.6. The summed E-state index contributed by atoms with van der Waals surface area (Å²) in [6.07, 6.45) is -3.87. The van der Waals surface area contributed by atoms with Gasteiger partial charge in [0, 0.05) is 12.3 Å². The summed E-state index contributed by atoms with van der Waals surface area (Å²) in [7, 11) is 0. The minimum absolute atomic E-state index is 0.317. The topological polar surface area (TPSA) is 157 Å². The van der Waals surface area contributed by atoms with Gasteiger partial charge in [-0.25, -0.2) is 4.79 Å². The van der Waals surface area contributed by atoms with Crippen LogP contribution in [-0.2, 0) is 14.3 Å².